The first kappa shape index (κ1) is 40.7. The van der Waals surface area contributed by atoms with Crippen LogP contribution in [-0.4, -0.2) is 122 Å². The Morgan fingerprint density at radius 1 is 0.852 bits per heavy atom. The highest BCUT2D eigenvalue weighted by atomic mass is 16.8. The van der Waals surface area contributed by atoms with Gasteiger partial charge < -0.3 is 54.7 Å². The molecule has 0 aromatic carbocycles. The largest absolute Gasteiger partial charge is 0.481 e. The molecule has 2 saturated heterocycles. The number of carboxylic acids is 1. The summed E-state index contributed by atoms with van der Waals surface area (Å²) in [7, 11) is 0. The molecule has 2 heterocycles. The molecule has 4 saturated carbocycles. The molecule has 5 aliphatic carbocycles. The fourth-order valence-electron chi connectivity index (χ4n) is 13.3. The summed E-state index contributed by atoms with van der Waals surface area (Å²) < 4.78 is 24.1. The molecule has 13 nitrogen and oxygen atoms in total. The van der Waals surface area contributed by atoms with E-state index in [4.69, 9.17) is 18.9 Å². The van der Waals surface area contributed by atoms with Gasteiger partial charge in [0.2, 0.25) is 0 Å². The van der Waals surface area contributed by atoms with Crippen molar-refractivity contribution in [2.75, 3.05) is 13.2 Å². The van der Waals surface area contributed by atoms with Crippen molar-refractivity contribution in [3.63, 3.8) is 0 Å². The number of carbonyl (C=O) groups is 2. The van der Waals surface area contributed by atoms with Crippen molar-refractivity contribution in [3.8, 4) is 0 Å². The van der Waals surface area contributed by atoms with Crippen LogP contribution in [0.15, 0.2) is 11.6 Å². The number of aliphatic hydroxyl groups is 6. The molecule has 7 aliphatic rings. The second kappa shape index (κ2) is 13.5. The Morgan fingerprint density at radius 2 is 1.56 bits per heavy atom. The van der Waals surface area contributed by atoms with Crippen molar-refractivity contribution in [3.05, 3.63) is 11.6 Å². The van der Waals surface area contributed by atoms with Crippen LogP contribution in [0.1, 0.15) is 106 Å². The van der Waals surface area contributed by atoms with Crippen molar-refractivity contribution in [1.29, 1.82) is 0 Å². The zero-order chi connectivity index (χ0) is 39.6. The number of aliphatic hydroxyl groups excluding tert-OH is 6. The van der Waals surface area contributed by atoms with E-state index >= 15 is 0 Å². The molecule has 0 aromatic heterocycles. The maximum absolute atomic E-state index is 13.1. The molecule has 54 heavy (non-hydrogen) atoms. The maximum atomic E-state index is 13.1. The monoisotopic (exact) mass is 764 g/mol. The van der Waals surface area contributed by atoms with E-state index in [-0.39, 0.29) is 46.0 Å². The fraction of sp³-hybridized carbons (Fsp3) is 0.902. The van der Waals surface area contributed by atoms with E-state index in [0.717, 1.165) is 32.1 Å². The van der Waals surface area contributed by atoms with E-state index in [9.17, 15) is 45.3 Å². The molecular weight excluding hydrogens is 700 g/mol. The molecule has 7 rings (SSSR count). The zero-order valence-electron chi connectivity index (χ0n) is 32.9. The number of ether oxygens (including phenoxy) is 4. The van der Waals surface area contributed by atoms with E-state index in [2.05, 4.69) is 54.5 Å². The highest BCUT2D eigenvalue weighted by Gasteiger charge is 2.70. The second-order valence-corrected chi connectivity index (χ2v) is 20.1. The van der Waals surface area contributed by atoms with Crippen LogP contribution in [0.5, 0.6) is 0 Å². The van der Waals surface area contributed by atoms with Gasteiger partial charge in [-0.05, 0) is 103 Å². The van der Waals surface area contributed by atoms with Gasteiger partial charge in [-0.2, -0.15) is 0 Å². The van der Waals surface area contributed by atoms with Crippen molar-refractivity contribution >= 4 is 11.8 Å². The van der Waals surface area contributed by atoms with Gasteiger partial charge in [0, 0.05) is 0 Å². The first-order valence-corrected chi connectivity index (χ1v) is 20.1. The topological polar surface area (TPSA) is 213 Å². The minimum absolute atomic E-state index is 0.0796. The van der Waals surface area contributed by atoms with Gasteiger partial charge in [0.1, 0.15) is 43.2 Å². The number of allylic oxidation sites excluding steroid dienone is 2. The molecule has 0 unspecified atom stereocenters. The minimum Gasteiger partial charge on any atom is -0.481 e. The number of rotatable bonds is 6. The molecule has 13 heteroatoms. The summed E-state index contributed by atoms with van der Waals surface area (Å²) in [5.41, 5.74) is -0.804. The van der Waals surface area contributed by atoms with Crippen LogP contribution in [0.2, 0.25) is 0 Å². The lowest BCUT2D eigenvalue weighted by Crippen LogP contribution is -2.67. The van der Waals surface area contributed by atoms with Gasteiger partial charge in [0.15, 0.2) is 18.4 Å². The fourth-order valence-corrected chi connectivity index (χ4v) is 13.3. The van der Waals surface area contributed by atoms with Crippen molar-refractivity contribution in [2.45, 2.75) is 168 Å². The Labute approximate surface area is 318 Å². The highest BCUT2D eigenvalue weighted by Crippen LogP contribution is 2.76. The van der Waals surface area contributed by atoms with Crippen LogP contribution in [0.4, 0.5) is 0 Å². The third-order valence-electron chi connectivity index (χ3n) is 16.9. The molecule has 306 valence electrons. The summed E-state index contributed by atoms with van der Waals surface area (Å²) in [4.78, 5) is 25.0. The molecule has 17 atom stereocenters. The number of carbonyl (C=O) groups excluding carboxylic acids is 1. The van der Waals surface area contributed by atoms with Crippen molar-refractivity contribution < 1.29 is 64.3 Å². The molecule has 0 radical (unpaired) electrons. The standard InChI is InChI=1S/C41H64O13/c1-36(2)16-21-20-8-9-25-38(5)12-11-27(53-34-32(30(47)29(46)23(18-42)52-34)54-33-31(48)28(45)22(43)19-51-33)37(3,4)24(38)10-13-40(25,7)39(20,6)14-15-41(21,35(49)50)17-26(36)44/h8,21,23-34,42,44-48H,9-19H2,1-7H3,(H,49,50)/t21-,23+,24-,25+,26+,27-,28-,29+,30-,31+,32+,33-,34-,38-,39+,40+,41+/m0/s1. The Bertz CT molecular complexity index is 1510. The number of hydrogen-bond acceptors (Lipinski definition) is 12. The van der Waals surface area contributed by atoms with Gasteiger partial charge >= 0.3 is 5.97 Å². The van der Waals surface area contributed by atoms with Crippen LogP contribution < -0.4 is 0 Å². The molecule has 0 spiro atoms. The van der Waals surface area contributed by atoms with E-state index in [1.807, 2.05) is 0 Å². The number of ketones is 1. The minimum atomic E-state index is -1.74. The molecule has 7 N–H and O–H groups in total. The average molecular weight is 765 g/mol. The molecule has 2 aliphatic heterocycles. The molecule has 0 aromatic rings. The number of fused-ring (bicyclic) bond motifs is 7. The smallest absolute Gasteiger partial charge is 0.310 e. The van der Waals surface area contributed by atoms with Crippen LogP contribution >= 0.6 is 0 Å². The number of Topliss-reactive ketones (excluding diaryl/α,β-unsaturated/α-hetero) is 1. The lowest BCUT2D eigenvalue weighted by atomic mass is 9.33. The van der Waals surface area contributed by atoms with Crippen LogP contribution in [0.3, 0.4) is 0 Å². The van der Waals surface area contributed by atoms with Crippen LogP contribution in [0, 0.1) is 50.2 Å². The first-order valence-electron chi connectivity index (χ1n) is 20.1. The molecule has 0 amide bonds. The second-order valence-electron chi connectivity index (χ2n) is 20.1. The zero-order valence-corrected chi connectivity index (χ0v) is 32.9. The molecule has 6 fully saturated rings. The lowest BCUT2D eigenvalue weighted by molar-refractivity contribution is -0.363. The van der Waals surface area contributed by atoms with E-state index in [1.165, 1.54) is 5.57 Å². The molecule has 0 bridgehead atoms. The maximum Gasteiger partial charge on any atom is 0.310 e. The third-order valence-corrected chi connectivity index (χ3v) is 16.9. The van der Waals surface area contributed by atoms with Gasteiger partial charge in [0.25, 0.3) is 0 Å². The number of hydrogen-bond donors (Lipinski definition) is 7. The summed E-state index contributed by atoms with van der Waals surface area (Å²) in [5.74, 6) is -1.07. The van der Waals surface area contributed by atoms with Gasteiger partial charge in [0.05, 0.1) is 24.2 Å². The van der Waals surface area contributed by atoms with E-state index in [1.54, 1.807) is 0 Å². The van der Waals surface area contributed by atoms with Gasteiger partial charge in [-0.1, -0.05) is 60.1 Å². The summed E-state index contributed by atoms with van der Waals surface area (Å²) in [6.45, 7) is 14.7. The molecular formula is C41H64O13. The Hall–Kier alpha value is -1.52. The first-order chi connectivity index (χ1) is 25.1. The SMILES string of the molecule is CC1(C)C[C@H]2C3=CC[C@@H]4[C@@]5(C)CC[C@H](O[C@@H]6O[C@H](CO)[C@@H](O)[C@H](O)[C@H]6O[C@@H]6OCC(=O)[C@H](O)[C@H]6O)C(C)(C)[C@@H]5CC[C@@]4(C)[C@]3(C)CC[C@@]2(C(=O)O)C[C@H]1O. The number of carboxylic acid groups (broad SMARTS) is 1. The summed E-state index contributed by atoms with van der Waals surface area (Å²) in [6.07, 6.45) is -4.08. The van der Waals surface area contributed by atoms with Crippen LogP contribution in [-0.2, 0) is 28.5 Å². The van der Waals surface area contributed by atoms with E-state index in [0.29, 0.717) is 25.2 Å². The van der Waals surface area contributed by atoms with E-state index < -0.39 is 91.1 Å². The van der Waals surface area contributed by atoms with Crippen molar-refractivity contribution in [1.82, 2.24) is 0 Å². The van der Waals surface area contributed by atoms with Crippen molar-refractivity contribution in [2.24, 2.45) is 50.2 Å². The predicted octanol–water partition coefficient (Wildman–Crippen LogP) is 2.70. The third kappa shape index (κ3) is 5.76. The quantitative estimate of drug-likeness (QED) is 0.153. The highest BCUT2D eigenvalue weighted by molar-refractivity contribution is 5.85. The van der Waals surface area contributed by atoms with Gasteiger partial charge in [-0.15, -0.1) is 0 Å². The lowest BCUT2D eigenvalue weighted by Gasteiger charge is -2.71. The Balaban J connectivity index is 1.15. The Kier molecular flexibility index (Phi) is 10.2. The van der Waals surface area contributed by atoms with Crippen LogP contribution in [0.25, 0.3) is 0 Å². The predicted molar refractivity (Wildman–Crippen MR) is 192 cm³/mol. The Morgan fingerprint density at radius 3 is 2.22 bits per heavy atom. The summed E-state index contributed by atoms with van der Waals surface area (Å²) in [6, 6.07) is 0. The summed E-state index contributed by atoms with van der Waals surface area (Å²) in [5, 5.41) is 74.5. The normalized spacial score (nSPS) is 52.6. The van der Waals surface area contributed by atoms with Gasteiger partial charge in [-0.25, -0.2) is 0 Å². The number of aliphatic carboxylic acids is 1. The van der Waals surface area contributed by atoms with Gasteiger partial charge in [-0.3, -0.25) is 9.59 Å². The average Bonchev–Trinajstić information content (AvgIpc) is 3.09. The summed E-state index contributed by atoms with van der Waals surface area (Å²) >= 11 is 0.